The molecule has 0 atom stereocenters. The van der Waals surface area contributed by atoms with Crippen LogP contribution in [-0.2, 0) is 0 Å². The predicted octanol–water partition coefficient (Wildman–Crippen LogP) is 3.81. The van der Waals surface area contributed by atoms with E-state index in [0.717, 1.165) is 13.6 Å². The van der Waals surface area contributed by atoms with Gasteiger partial charge >= 0.3 is 0 Å². The van der Waals surface area contributed by atoms with Crippen LogP contribution in [0.1, 0.15) is 0 Å². The molecule has 0 aliphatic rings. The topological polar surface area (TPSA) is 43.1 Å². The van der Waals surface area contributed by atoms with E-state index < -0.39 is 0 Å². The van der Waals surface area contributed by atoms with E-state index in [-0.39, 0.29) is 0 Å². The van der Waals surface area contributed by atoms with Crippen LogP contribution in [0.15, 0.2) is 35.1 Å². The lowest BCUT2D eigenvalue weighted by Gasteiger charge is -2.04. The molecule has 0 spiro atoms. The Bertz CT molecular complexity index is 743. The number of rotatable bonds is 1. The molecule has 0 saturated heterocycles. The number of fused-ring (bicyclic) bond motifs is 1. The molecular weight excluding hydrogens is 430 g/mol. The number of nitrogens with zero attached hydrogens (tertiary/aromatic N) is 4. The first kappa shape index (κ1) is 12.3. The van der Waals surface area contributed by atoms with E-state index in [1.54, 1.807) is 16.8 Å². The highest BCUT2D eigenvalue weighted by Gasteiger charge is 2.13. The molecule has 3 aromatic rings. The third kappa shape index (κ3) is 2.02. The fraction of sp³-hybridized carbons (Fsp3) is 0. The van der Waals surface area contributed by atoms with Crippen molar-refractivity contribution < 1.29 is 0 Å². The van der Waals surface area contributed by atoms with Gasteiger partial charge in [-0.25, -0.2) is 0 Å². The first-order chi connectivity index (χ1) is 8.66. The van der Waals surface area contributed by atoms with E-state index in [2.05, 4.69) is 53.7 Å². The molecule has 7 heteroatoms. The van der Waals surface area contributed by atoms with E-state index in [0.29, 0.717) is 16.6 Å². The minimum absolute atomic E-state index is 0.485. The van der Waals surface area contributed by atoms with Gasteiger partial charge in [0.1, 0.15) is 5.15 Å². The third-order valence-electron chi connectivity index (χ3n) is 2.44. The summed E-state index contributed by atoms with van der Waals surface area (Å²) in [6.07, 6.45) is 3.20. The highest BCUT2D eigenvalue weighted by Crippen LogP contribution is 2.30. The smallest absolute Gasteiger partial charge is 0.180 e. The van der Waals surface area contributed by atoms with Crippen LogP contribution in [0.25, 0.3) is 17.0 Å². The van der Waals surface area contributed by atoms with Gasteiger partial charge in [0.25, 0.3) is 0 Å². The average Bonchev–Trinajstić information content (AvgIpc) is 2.77. The largest absolute Gasteiger partial charge is 0.262 e. The number of hydrogen-bond donors (Lipinski definition) is 0. The molecule has 0 aliphatic heterocycles. The quantitative estimate of drug-likeness (QED) is 0.546. The Morgan fingerprint density at radius 1 is 1.22 bits per heavy atom. The van der Waals surface area contributed by atoms with Crippen LogP contribution >= 0.6 is 50.1 Å². The summed E-state index contributed by atoms with van der Waals surface area (Å²) in [6.45, 7) is 0. The van der Waals surface area contributed by atoms with Crippen molar-refractivity contribution in [2.45, 2.75) is 0 Å². The Hall–Kier alpha value is -0.730. The minimum atomic E-state index is 0.485. The van der Waals surface area contributed by atoms with Crippen LogP contribution < -0.4 is 0 Å². The SMILES string of the molecule is Clc1cncc2nnc(-c3cc(I)ccc3Br)n12. The van der Waals surface area contributed by atoms with Crippen LogP contribution in [0.3, 0.4) is 0 Å². The molecule has 0 bridgehead atoms. The molecule has 4 nitrogen and oxygen atoms in total. The highest BCUT2D eigenvalue weighted by molar-refractivity contribution is 14.1. The molecule has 0 saturated carbocycles. The fourth-order valence-electron chi connectivity index (χ4n) is 1.66. The first-order valence-electron chi connectivity index (χ1n) is 4.97. The van der Waals surface area contributed by atoms with Crippen molar-refractivity contribution in [1.29, 1.82) is 0 Å². The highest BCUT2D eigenvalue weighted by atomic mass is 127. The standard InChI is InChI=1S/C11H5BrClIN4/c12-8-2-1-6(14)3-7(8)11-17-16-10-5-15-4-9(13)18(10)11/h1-5H. The summed E-state index contributed by atoms with van der Waals surface area (Å²) in [5.74, 6) is 0.697. The van der Waals surface area contributed by atoms with Crippen LogP contribution in [0.2, 0.25) is 5.15 Å². The summed E-state index contributed by atoms with van der Waals surface area (Å²) < 4.78 is 3.84. The van der Waals surface area contributed by atoms with Gasteiger partial charge in [0, 0.05) is 13.6 Å². The Labute approximate surface area is 130 Å². The maximum Gasteiger partial charge on any atom is 0.180 e. The van der Waals surface area contributed by atoms with Gasteiger partial charge in [0.05, 0.1) is 12.4 Å². The van der Waals surface area contributed by atoms with Gasteiger partial charge in [-0.1, -0.05) is 27.5 Å². The maximum atomic E-state index is 6.15. The number of benzene rings is 1. The molecule has 0 fully saturated rings. The zero-order chi connectivity index (χ0) is 12.7. The van der Waals surface area contributed by atoms with Crippen LogP contribution in [0.5, 0.6) is 0 Å². The summed E-state index contributed by atoms with van der Waals surface area (Å²) in [7, 11) is 0. The molecule has 90 valence electrons. The van der Waals surface area contributed by atoms with Crippen LogP contribution in [0, 0.1) is 3.57 Å². The van der Waals surface area contributed by atoms with Gasteiger partial charge in [-0.3, -0.25) is 9.38 Å². The number of halogens is 3. The third-order valence-corrected chi connectivity index (χ3v) is 4.07. The summed E-state index contributed by atoms with van der Waals surface area (Å²) >= 11 is 11.9. The minimum Gasteiger partial charge on any atom is -0.262 e. The summed E-state index contributed by atoms with van der Waals surface area (Å²) in [6, 6.07) is 6.02. The van der Waals surface area contributed by atoms with Crippen LogP contribution in [0.4, 0.5) is 0 Å². The second-order valence-corrected chi connectivity index (χ2v) is 6.06. The van der Waals surface area contributed by atoms with E-state index in [9.17, 15) is 0 Å². The fourth-order valence-corrected chi connectivity index (χ4v) is 2.80. The second kappa shape index (κ2) is 4.75. The predicted molar refractivity (Wildman–Crippen MR) is 81.6 cm³/mol. The lowest BCUT2D eigenvalue weighted by Crippen LogP contribution is -1.93. The normalized spacial score (nSPS) is 11.1. The van der Waals surface area contributed by atoms with E-state index in [1.165, 1.54) is 0 Å². The van der Waals surface area contributed by atoms with Crippen molar-refractivity contribution in [3.05, 3.63) is 43.8 Å². The molecule has 2 aromatic heterocycles. The zero-order valence-electron chi connectivity index (χ0n) is 8.81. The van der Waals surface area contributed by atoms with Crippen molar-refractivity contribution in [2.24, 2.45) is 0 Å². The first-order valence-corrected chi connectivity index (χ1v) is 7.22. The number of aromatic nitrogens is 4. The van der Waals surface area contributed by atoms with Crippen molar-refractivity contribution in [3.8, 4) is 11.4 Å². The molecule has 0 radical (unpaired) electrons. The van der Waals surface area contributed by atoms with Crippen molar-refractivity contribution in [2.75, 3.05) is 0 Å². The zero-order valence-corrected chi connectivity index (χ0v) is 13.3. The van der Waals surface area contributed by atoms with Gasteiger partial charge in [-0.2, -0.15) is 0 Å². The Balaban J connectivity index is 2.35. The van der Waals surface area contributed by atoms with Crippen LogP contribution in [-0.4, -0.2) is 19.6 Å². The molecule has 0 aliphatic carbocycles. The van der Waals surface area contributed by atoms with Gasteiger partial charge in [0.2, 0.25) is 0 Å². The molecule has 0 unspecified atom stereocenters. The summed E-state index contributed by atoms with van der Waals surface area (Å²) in [4.78, 5) is 3.99. The Morgan fingerprint density at radius 3 is 2.89 bits per heavy atom. The number of hydrogen-bond acceptors (Lipinski definition) is 3. The average molecular weight is 435 g/mol. The lowest BCUT2D eigenvalue weighted by molar-refractivity contribution is 1.11. The van der Waals surface area contributed by atoms with Crippen molar-refractivity contribution >= 4 is 55.8 Å². The maximum absolute atomic E-state index is 6.15. The van der Waals surface area contributed by atoms with Crippen molar-refractivity contribution in [3.63, 3.8) is 0 Å². The summed E-state index contributed by atoms with van der Waals surface area (Å²) in [5.41, 5.74) is 1.57. The second-order valence-electron chi connectivity index (χ2n) is 3.57. The van der Waals surface area contributed by atoms with Gasteiger partial charge in [0.15, 0.2) is 11.5 Å². The molecular formula is C11H5BrClIN4. The lowest BCUT2D eigenvalue weighted by atomic mass is 10.2. The molecule has 0 amide bonds. The summed E-state index contributed by atoms with van der Waals surface area (Å²) in [5, 5.41) is 8.74. The van der Waals surface area contributed by atoms with Gasteiger partial charge in [-0.05, 0) is 40.8 Å². The van der Waals surface area contributed by atoms with Gasteiger partial charge in [-0.15, -0.1) is 10.2 Å². The van der Waals surface area contributed by atoms with E-state index in [1.807, 2.05) is 18.2 Å². The molecule has 2 heterocycles. The Kier molecular flexibility index (Phi) is 3.25. The molecule has 18 heavy (non-hydrogen) atoms. The van der Waals surface area contributed by atoms with E-state index >= 15 is 0 Å². The monoisotopic (exact) mass is 434 g/mol. The Morgan fingerprint density at radius 2 is 2.06 bits per heavy atom. The van der Waals surface area contributed by atoms with Gasteiger partial charge < -0.3 is 0 Å². The molecule has 0 N–H and O–H groups in total. The van der Waals surface area contributed by atoms with Crippen molar-refractivity contribution in [1.82, 2.24) is 19.6 Å². The molecule has 3 rings (SSSR count). The van der Waals surface area contributed by atoms with E-state index in [4.69, 9.17) is 11.6 Å². The molecule has 1 aromatic carbocycles.